The Morgan fingerprint density at radius 1 is 1.05 bits per heavy atom. The topological polar surface area (TPSA) is 43.9 Å². The van der Waals surface area contributed by atoms with Crippen LogP contribution in [-0.4, -0.2) is 23.4 Å². The molecule has 3 nitrogen and oxygen atoms in total. The zero-order valence-corrected chi connectivity index (χ0v) is 10.9. The van der Waals surface area contributed by atoms with E-state index >= 15 is 0 Å². The molecule has 0 spiro atoms. The molecule has 3 rings (SSSR count). The third kappa shape index (κ3) is 2.28. The highest BCUT2D eigenvalue weighted by Crippen LogP contribution is 2.31. The van der Waals surface area contributed by atoms with Crippen LogP contribution in [0, 0.1) is 11.3 Å². The van der Waals surface area contributed by atoms with Gasteiger partial charge in [-0.25, -0.2) is 0 Å². The van der Waals surface area contributed by atoms with E-state index in [1.54, 1.807) is 4.90 Å². The molecule has 1 unspecified atom stereocenters. The molecular weight excluding hydrogens is 248 g/mol. The standard InChI is InChI=1S/C17H14N2O/c18-11-15-12-19(15)17(20)16(13-7-3-1-4-8-13)14-9-5-2-6-10-14/h1-10,15-16H,12H2. The smallest absolute Gasteiger partial charge is 0.235 e. The van der Waals surface area contributed by atoms with Crippen LogP contribution < -0.4 is 0 Å². The molecule has 1 aliphatic heterocycles. The summed E-state index contributed by atoms with van der Waals surface area (Å²) in [5.41, 5.74) is 1.93. The second-order valence-electron chi connectivity index (χ2n) is 4.89. The summed E-state index contributed by atoms with van der Waals surface area (Å²) in [4.78, 5) is 14.3. The lowest BCUT2D eigenvalue weighted by Crippen LogP contribution is -2.23. The van der Waals surface area contributed by atoms with Crippen LogP contribution >= 0.6 is 0 Å². The van der Waals surface area contributed by atoms with Crippen molar-refractivity contribution in [2.75, 3.05) is 6.54 Å². The third-order valence-electron chi connectivity index (χ3n) is 3.56. The molecule has 20 heavy (non-hydrogen) atoms. The maximum atomic E-state index is 12.7. The van der Waals surface area contributed by atoms with Gasteiger partial charge in [-0.2, -0.15) is 5.26 Å². The number of nitriles is 1. The third-order valence-corrected chi connectivity index (χ3v) is 3.56. The minimum Gasteiger partial charge on any atom is -0.321 e. The Balaban J connectivity index is 1.97. The van der Waals surface area contributed by atoms with Crippen molar-refractivity contribution in [3.05, 3.63) is 71.8 Å². The molecule has 1 saturated heterocycles. The van der Waals surface area contributed by atoms with Crippen LogP contribution in [0.25, 0.3) is 0 Å². The van der Waals surface area contributed by atoms with Gasteiger partial charge in [-0.3, -0.25) is 4.79 Å². The summed E-state index contributed by atoms with van der Waals surface area (Å²) in [5.74, 6) is -0.315. The largest absolute Gasteiger partial charge is 0.321 e. The van der Waals surface area contributed by atoms with Gasteiger partial charge < -0.3 is 4.90 Å². The molecule has 0 bridgehead atoms. The molecule has 2 aromatic rings. The Kier molecular flexibility index (Phi) is 3.22. The first-order valence-corrected chi connectivity index (χ1v) is 6.61. The molecule has 2 aromatic carbocycles. The van der Waals surface area contributed by atoms with Crippen molar-refractivity contribution in [3.8, 4) is 6.07 Å². The summed E-state index contributed by atoms with van der Waals surface area (Å²) in [5, 5.41) is 8.90. The SMILES string of the molecule is N#CC1CN1C(=O)C(c1ccccc1)c1ccccc1. The number of carbonyl (C=O) groups is 1. The molecule has 1 atom stereocenters. The molecule has 1 aliphatic rings. The van der Waals surface area contributed by atoms with Gasteiger partial charge in [-0.1, -0.05) is 60.7 Å². The van der Waals surface area contributed by atoms with Gasteiger partial charge in [0.1, 0.15) is 6.04 Å². The molecule has 0 aliphatic carbocycles. The highest BCUT2D eigenvalue weighted by atomic mass is 16.2. The summed E-state index contributed by atoms with van der Waals surface area (Å²) in [7, 11) is 0. The second-order valence-corrected chi connectivity index (χ2v) is 4.89. The summed E-state index contributed by atoms with van der Waals surface area (Å²) in [6.45, 7) is 0.547. The maximum Gasteiger partial charge on any atom is 0.235 e. The lowest BCUT2D eigenvalue weighted by atomic mass is 9.90. The van der Waals surface area contributed by atoms with Crippen molar-refractivity contribution < 1.29 is 4.79 Å². The molecule has 1 fully saturated rings. The fourth-order valence-corrected chi connectivity index (χ4v) is 2.43. The Bertz CT molecular complexity index is 606. The van der Waals surface area contributed by atoms with Crippen LogP contribution in [-0.2, 0) is 4.79 Å². The molecule has 0 aromatic heterocycles. The summed E-state index contributed by atoms with van der Waals surface area (Å²) >= 11 is 0. The van der Waals surface area contributed by atoms with E-state index in [-0.39, 0.29) is 17.9 Å². The first kappa shape index (κ1) is 12.4. The van der Waals surface area contributed by atoms with Gasteiger partial charge in [-0.05, 0) is 11.1 Å². The van der Waals surface area contributed by atoms with E-state index in [4.69, 9.17) is 5.26 Å². The number of rotatable bonds is 3. The van der Waals surface area contributed by atoms with Crippen LogP contribution in [0.1, 0.15) is 17.0 Å². The predicted molar refractivity (Wildman–Crippen MR) is 75.8 cm³/mol. The van der Waals surface area contributed by atoms with Crippen molar-refractivity contribution in [2.45, 2.75) is 12.0 Å². The Labute approximate surface area is 118 Å². The minimum absolute atomic E-state index is 0.00829. The normalized spacial score (nSPS) is 16.8. The first-order valence-electron chi connectivity index (χ1n) is 6.61. The van der Waals surface area contributed by atoms with Gasteiger partial charge in [0.15, 0.2) is 0 Å². The van der Waals surface area contributed by atoms with E-state index in [0.29, 0.717) is 6.54 Å². The number of nitrogens with zero attached hydrogens (tertiary/aromatic N) is 2. The van der Waals surface area contributed by atoms with Crippen molar-refractivity contribution >= 4 is 5.91 Å². The van der Waals surface area contributed by atoms with Gasteiger partial charge in [-0.15, -0.1) is 0 Å². The van der Waals surface area contributed by atoms with Gasteiger partial charge >= 0.3 is 0 Å². The Morgan fingerprint density at radius 2 is 1.55 bits per heavy atom. The second kappa shape index (κ2) is 5.18. The van der Waals surface area contributed by atoms with Crippen molar-refractivity contribution in [1.82, 2.24) is 4.90 Å². The van der Waals surface area contributed by atoms with Crippen LogP contribution in [0.15, 0.2) is 60.7 Å². The number of benzene rings is 2. The molecular formula is C17H14N2O. The summed E-state index contributed by atoms with van der Waals surface area (Å²) < 4.78 is 0. The highest BCUT2D eigenvalue weighted by Gasteiger charge is 2.42. The van der Waals surface area contributed by atoms with Gasteiger partial charge in [0.05, 0.1) is 18.5 Å². The number of hydrogen-bond donors (Lipinski definition) is 0. The molecule has 0 saturated carbocycles. The highest BCUT2D eigenvalue weighted by molar-refractivity contribution is 5.89. The number of carbonyl (C=O) groups excluding carboxylic acids is 1. The Morgan fingerprint density at radius 3 is 1.95 bits per heavy atom. The van der Waals surface area contributed by atoms with E-state index in [1.807, 2.05) is 60.7 Å². The zero-order chi connectivity index (χ0) is 13.9. The van der Waals surface area contributed by atoms with Crippen molar-refractivity contribution in [2.24, 2.45) is 0 Å². The van der Waals surface area contributed by atoms with Crippen LogP contribution in [0.4, 0.5) is 0 Å². The van der Waals surface area contributed by atoms with Crippen molar-refractivity contribution in [3.63, 3.8) is 0 Å². The van der Waals surface area contributed by atoms with E-state index in [1.165, 1.54) is 0 Å². The average molecular weight is 262 g/mol. The fourth-order valence-electron chi connectivity index (χ4n) is 2.43. The van der Waals surface area contributed by atoms with Crippen molar-refractivity contribution in [1.29, 1.82) is 5.26 Å². The van der Waals surface area contributed by atoms with E-state index in [0.717, 1.165) is 11.1 Å². The zero-order valence-electron chi connectivity index (χ0n) is 10.9. The molecule has 1 amide bonds. The minimum atomic E-state index is -0.323. The lowest BCUT2D eigenvalue weighted by molar-refractivity contribution is -0.126. The van der Waals surface area contributed by atoms with Gasteiger partial charge in [0, 0.05) is 0 Å². The molecule has 0 N–H and O–H groups in total. The fraction of sp³-hybridized carbons (Fsp3) is 0.176. The number of hydrogen-bond acceptors (Lipinski definition) is 2. The molecule has 0 radical (unpaired) electrons. The van der Waals surface area contributed by atoms with E-state index < -0.39 is 0 Å². The van der Waals surface area contributed by atoms with E-state index in [2.05, 4.69) is 6.07 Å². The quantitative estimate of drug-likeness (QED) is 0.798. The molecule has 1 heterocycles. The molecule has 3 heteroatoms. The first-order chi connectivity index (χ1) is 9.81. The Hall–Kier alpha value is -2.60. The summed E-state index contributed by atoms with van der Waals surface area (Å²) in [6.07, 6.45) is 0. The maximum absolute atomic E-state index is 12.7. The van der Waals surface area contributed by atoms with Gasteiger partial charge in [0.2, 0.25) is 5.91 Å². The van der Waals surface area contributed by atoms with Crippen LogP contribution in [0.5, 0.6) is 0 Å². The average Bonchev–Trinajstić information content (AvgIpc) is 3.29. The van der Waals surface area contributed by atoms with Crippen LogP contribution in [0.3, 0.4) is 0 Å². The number of amides is 1. The predicted octanol–water partition coefficient (Wildman–Crippen LogP) is 2.55. The lowest BCUT2D eigenvalue weighted by Gasteiger charge is -2.17. The summed E-state index contributed by atoms with van der Waals surface area (Å²) in [6, 6.07) is 21.3. The van der Waals surface area contributed by atoms with Gasteiger partial charge in [0.25, 0.3) is 0 Å². The van der Waals surface area contributed by atoms with Crippen LogP contribution in [0.2, 0.25) is 0 Å². The monoisotopic (exact) mass is 262 g/mol. The van der Waals surface area contributed by atoms with E-state index in [9.17, 15) is 4.79 Å². The molecule has 98 valence electrons.